The van der Waals surface area contributed by atoms with Crippen molar-refractivity contribution in [3.63, 3.8) is 0 Å². The van der Waals surface area contributed by atoms with Gasteiger partial charge in [-0.15, -0.1) is 0 Å². The van der Waals surface area contributed by atoms with Crippen molar-refractivity contribution >= 4 is 5.91 Å². The average molecular weight is 304 g/mol. The summed E-state index contributed by atoms with van der Waals surface area (Å²) in [6, 6.07) is 2.64. The SMILES string of the molecule is Cc1cc(C(=O)NC[C@H]2CCN(C3CCCCC3)C2)nn1C. The van der Waals surface area contributed by atoms with Crippen LogP contribution in [0.5, 0.6) is 0 Å². The first kappa shape index (κ1) is 15.5. The predicted octanol–water partition coefficient (Wildman–Crippen LogP) is 2.11. The number of rotatable bonds is 4. The Hall–Kier alpha value is -1.36. The summed E-state index contributed by atoms with van der Waals surface area (Å²) in [6.45, 7) is 5.08. The van der Waals surface area contributed by atoms with Gasteiger partial charge in [-0.3, -0.25) is 9.48 Å². The molecule has 5 nitrogen and oxygen atoms in total. The summed E-state index contributed by atoms with van der Waals surface area (Å²) in [6.07, 6.45) is 8.13. The van der Waals surface area contributed by atoms with Crippen molar-refractivity contribution in [2.24, 2.45) is 13.0 Å². The van der Waals surface area contributed by atoms with Gasteiger partial charge in [-0.1, -0.05) is 19.3 Å². The molecule has 2 fully saturated rings. The Kier molecular flexibility index (Phi) is 4.81. The average Bonchev–Trinajstić information content (AvgIpc) is 3.13. The van der Waals surface area contributed by atoms with E-state index in [0.717, 1.165) is 24.8 Å². The van der Waals surface area contributed by atoms with E-state index in [0.29, 0.717) is 11.6 Å². The maximum Gasteiger partial charge on any atom is 0.271 e. The second kappa shape index (κ2) is 6.82. The summed E-state index contributed by atoms with van der Waals surface area (Å²) in [7, 11) is 1.87. The number of carbonyl (C=O) groups excluding carboxylic acids is 1. The predicted molar refractivity (Wildman–Crippen MR) is 86.8 cm³/mol. The Morgan fingerprint density at radius 1 is 1.32 bits per heavy atom. The Labute approximate surface area is 133 Å². The van der Waals surface area contributed by atoms with Gasteiger partial charge in [0.15, 0.2) is 0 Å². The van der Waals surface area contributed by atoms with Crippen molar-refractivity contribution in [1.82, 2.24) is 20.0 Å². The molecule has 1 amide bonds. The zero-order chi connectivity index (χ0) is 15.5. The number of likely N-dealkylation sites (tertiary alicyclic amines) is 1. The molecular formula is C17H28N4O. The van der Waals surface area contributed by atoms with Gasteiger partial charge >= 0.3 is 0 Å². The lowest BCUT2D eigenvalue weighted by Crippen LogP contribution is -2.36. The minimum Gasteiger partial charge on any atom is -0.350 e. The Morgan fingerprint density at radius 3 is 2.77 bits per heavy atom. The van der Waals surface area contributed by atoms with E-state index in [1.165, 1.54) is 45.1 Å². The van der Waals surface area contributed by atoms with Crippen LogP contribution < -0.4 is 5.32 Å². The monoisotopic (exact) mass is 304 g/mol. The smallest absolute Gasteiger partial charge is 0.271 e. The van der Waals surface area contributed by atoms with Gasteiger partial charge in [-0.2, -0.15) is 5.10 Å². The minimum absolute atomic E-state index is 0.0418. The van der Waals surface area contributed by atoms with Crippen LogP contribution in [0.1, 0.15) is 54.7 Å². The summed E-state index contributed by atoms with van der Waals surface area (Å²) in [5.41, 5.74) is 1.54. The van der Waals surface area contributed by atoms with E-state index < -0.39 is 0 Å². The highest BCUT2D eigenvalue weighted by Gasteiger charge is 2.29. The number of aromatic nitrogens is 2. The van der Waals surface area contributed by atoms with Crippen molar-refractivity contribution in [3.05, 3.63) is 17.5 Å². The summed E-state index contributed by atoms with van der Waals surface area (Å²) in [4.78, 5) is 14.8. The second-order valence-electron chi connectivity index (χ2n) is 6.95. The van der Waals surface area contributed by atoms with Crippen LogP contribution in [0, 0.1) is 12.8 Å². The standard InChI is InChI=1S/C17H28N4O/c1-13-10-16(19-20(13)2)17(22)18-11-14-8-9-21(12-14)15-6-4-3-5-7-15/h10,14-15H,3-9,11-12H2,1-2H3,(H,18,22)/t14-/m1/s1. The fraction of sp³-hybridized carbons (Fsp3) is 0.765. The van der Waals surface area contributed by atoms with Crippen LogP contribution in [-0.4, -0.2) is 46.3 Å². The first-order chi connectivity index (χ1) is 10.6. The third-order valence-electron chi connectivity index (χ3n) is 5.31. The van der Waals surface area contributed by atoms with Crippen molar-refractivity contribution in [3.8, 4) is 0 Å². The molecule has 2 heterocycles. The van der Waals surface area contributed by atoms with Crippen LogP contribution in [0.2, 0.25) is 0 Å². The van der Waals surface area contributed by atoms with E-state index in [1.807, 2.05) is 20.0 Å². The summed E-state index contributed by atoms with van der Waals surface area (Å²) in [5.74, 6) is 0.551. The molecule has 122 valence electrons. The van der Waals surface area contributed by atoms with Crippen LogP contribution in [0.25, 0.3) is 0 Å². The summed E-state index contributed by atoms with van der Waals surface area (Å²) >= 11 is 0. The molecule has 0 aromatic carbocycles. The molecule has 1 aliphatic heterocycles. The van der Waals surface area contributed by atoms with E-state index in [-0.39, 0.29) is 5.91 Å². The quantitative estimate of drug-likeness (QED) is 0.927. The first-order valence-electron chi connectivity index (χ1n) is 8.66. The normalized spacial score (nSPS) is 23.8. The molecule has 0 spiro atoms. The molecule has 1 saturated heterocycles. The van der Waals surface area contributed by atoms with Gasteiger partial charge in [0.2, 0.25) is 0 Å². The Bertz CT molecular complexity index is 499. The van der Waals surface area contributed by atoms with Gasteiger partial charge in [0.05, 0.1) is 0 Å². The molecule has 1 N–H and O–H groups in total. The van der Waals surface area contributed by atoms with E-state index >= 15 is 0 Å². The number of aryl methyl sites for hydroxylation is 2. The molecule has 1 aliphatic carbocycles. The molecular weight excluding hydrogens is 276 g/mol. The van der Waals surface area contributed by atoms with Gasteiger partial charge in [-0.25, -0.2) is 0 Å². The highest BCUT2D eigenvalue weighted by Crippen LogP contribution is 2.27. The minimum atomic E-state index is -0.0418. The lowest BCUT2D eigenvalue weighted by Gasteiger charge is -2.31. The van der Waals surface area contributed by atoms with Gasteiger partial charge in [0, 0.05) is 31.9 Å². The largest absolute Gasteiger partial charge is 0.350 e. The molecule has 22 heavy (non-hydrogen) atoms. The van der Waals surface area contributed by atoms with Crippen molar-refractivity contribution in [1.29, 1.82) is 0 Å². The molecule has 1 aromatic heterocycles. The first-order valence-corrected chi connectivity index (χ1v) is 8.66. The molecule has 3 rings (SSSR count). The number of amides is 1. The fourth-order valence-electron chi connectivity index (χ4n) is 3.81. The summed E-state index contributed by atoms with van der Waals surface area (Å²) in [5, 5.41) is 7.30. The third kappa shape index (κ3) is 3.51. The lowest BCUT2D eigenvalue weighted by molar-refractivity contribution is 0.0940. The summed E-state index contributed by atoms with van der Waals surface area (Å²) < 4.78 is 1.75. The highest BCUT2D eigenvalue weighted by atomic mass is 16.1. The lowest BCUT2D eigenvalue weighted by atomic mass is 9.94. The molecule has 5 heteroatoms. The number of carbonyl (C=O) groups is 1. The van der Waals surface area contributed by atoms with Crippen LogP contribution in [0.4, 0.5) is 0 Å². The third-order valence-corrected chi connectivity index (χ3v) is 5.31. The topological polar surface area (TPSA) is 50.2 Å². The second-order valence-corrected chi connectivity index (χ2v) is 6.95. The number of nitrogens with zero attached hydrogens (tertiary/aromatic N) is 3. The van der Waals surface area contributed by atoms with Crippen LogP contribution >= 0.6 is 0 Å². The molecule has 2 aliphatic rings. The fourth-order valence-corrected chi connectivity index (χ4v) is 3.81. The number of nitrogens with one attached hydrogen (secondary N) is 1. The zero-order valence-electron chi connectivity index (χ0n) is 13.8. The van der Waals surface area contributed by atoms with Gasteiger partial charge in [-0.05, 0) is 44.7 Å². The Morgan fingerprint density at radius 2 is 2.09 bits per heavy atom. The van der Waals surface area contributed by atoms with Crippen LogP contribution in [-0.2, 0) is 7.05 Å². The molecule has 1 saturated carbocycles. The van der Waals surface area contributed by atoms with E-state index in [9.17, 15) is 4.79 Å². The van der Waals surface area contributed by atoms with Crippen molar-refractivity contribution in [2.45, 2.75) is 51.5 Å². The highest BCUT2D eigenvalue weighted by molar-refractivity contribution is 5.92. The van der Waals surface area contributed by atoms with Crippen LogP contribution in [0.15, 0.2) is 6.07 Å². The van der Waals surface area contributed by atoms with Crippen LogP contribution in [0.3, 0.4) is 0 Å². The Balaban J connectivity index is 1.45. The maximum atomic E-state index is 12.1. The van der Waals surface area contributed by atoms with E-state index in [1.54, 1.807) is 4.68 Å². The van der Waals surface area contributed by atoms with Gasteiger partial charge in [0.1, 0.15) is 5.69 Å². The number of hydrogen-bond donors (Lipinski definition) is 1. The van der Waals surface area contributed by atoms with E-state index in [4.69, 9.17) is 0 Å². The van der Waals surface area contributed by atoms with Crippen molar-refractivity contribution < 1.29 is 4.79 Å². The molecule has 1 atom stereocenters. The molecule has 0 radical (unpaired) electrons. The van der Waals surface area contributed by atoms with Crippen molar-refractivity contribution in [2.75, 3.05) is 19.6 Å². The van der Waals surface area contributed by atoms with E-state index in [2.05, 4.69) is 15.3 Å². The molecule has 0 unspecified atom stereocenters. The molecule has 0 bridgehead atoms. The maximum absolute atomic E-state index is 12.1. The zero-order valence-corrected chi connectivity index (χ0v) is 13.8. The molecule has 1 aromatic rings. The van der Waals surface area contributed by atoms with Gasteiger partial charge < -0.3 is 10.2 Å². The number of hydrogen-bond acceptors (Lipinski definition) is 3. The van der Waals surface area contributed by atoms with Gasteiger partial charge in [0.25, 0.3) is 5.91 Å².